The summed E-state index contributed by atoms with van der Waals surface area (Å²) in [6.07, 6.45) is 18.1. The molecule has 4 aromatic carbocycles. The van der Waals surface area contributed by atoms with Gasteiger partial charge in [-0.15, -0.1) is 0 Å². The standard InChI is InChI=1S/C24H26Cl2N4O6.C24H27Cl2N3O7.C20H21Cl2N3O5.C19H19Cl2N3O5.C6H12O2.CH2O3.2K.Li.H2O/c1-30(23(33)18-5-2-8-27-18)13-19(24(34)35)29-22(32)21-16(25)10-14(11-17(21)26)12-28-20(31)7-6-15-4-3-9-36-15;1-24(2,3)36-23(33)28-13-18(22(32)34-4)29-21(31)20-16(25)10-14(11-17(20)26)12-27-19(30)8-7-15-6-5-9-35-15;1-23-11-16(20(28)29-2)25-19(27)18-14(21)8-12(9-15(18)22)10-24-17(26)6-5-13-4-3-7-30-13;1-28-19(27)15(9-22)24-18(26)17-13(20)7-11(8-14(17)21)10-23-16(25)5-4-12-3-2-6-29-12;1-5(7)8-6(2,3)4;2-1-4-3;;;;/h3-4,6-7,9-11,18-19,27H,2,5,8,12-13H2,1H3,(H,28,31)(H,29,32)(H,34,35);5-11,18H,12-13H2,1-4H3,(H,27,30)(H,28,33)(H,29,31);3-9,16,23H,10-11H2,1-2H3,(H,24,26)(H,25,27);2-8,15H,9-10,22H2,1H3,(H,23,25)(H,24,26);1-4H3;1,3H;;;;1H2/q;;;;;;;2*+1;/p-2/b7-6+;8-7+;6-5+;5-4+;;;;;;/t18-,19-;18-;16-;15-;;;;;;/m0000....../s1. The van der Waals surface area contributed by atoms with E-state index in [1.54, 1.807) is 76.3 Å². The second-order valence-corrected chi connectivity index (χ2v) is 34.7. The maximum Gasteiger partial charge on any atom is 1.00 e. The Morgan fingerprint density at radius 2 is 0.769 bits per heavy atom. The Kier molecular flexibility index (Phi) is 67.1. The summed E-state index contributed by atoms with van der Waals surface area (Å²) in [5.41, 5.74) is 6.47. The Morgan fingerprint density at radius 1 is 0.490 bits per heavy atom. The monoisotopic (exact) mass is 2250 g/mol. The third-order valence-corrected chi connectivity index (χ3v) is 20.5. The fraction of sp³-hybridized carbons (Fsp3) is 0.319. The smallest absolute Gasteiger partial charge is 0.870 e. The van der Waals surface area contributed by atoms with Gasteiger partial charge in [-0.05, 0) is 212 Å². The van der Waals surface area contributed by atoms with Crippen LogP contribution in [0.2, 0.25) is 40.2 Å². The molecule has 0 bridgehead atoms. The number of nitrogens with one attached hydrogen (secondary N) is 11. The van der Waals surface area contributed by atoms with Crippen LogP contribution >= 0.6 is 92.8 Å². The molecule has 5 atom stereocenters. The van der Waals surface area contributed by atoms with Crippen LogP contribution in [-0.4, -0.2) is 272 Å². The molecule has 5 heterocycles. The number of amides is 10. The van der Waals surface area contributed by atoms with E-state index in [2.05, 4.69) is 72.8 Å². The van der Waals surface area contributed by atoms with Gasteiger partial charge in [-0.1, -0.05) is 92.8 Å². The van der Waals surface area contributed by atoms with E-state index in [1.165, 1.54) is 155 Å². The van der Waals surface area contributed by atoms with Crippen LogP contribution in [0.4, 0.5) is 4.79 Å². The summed E-state index contributed by atoms with van der Waals surface area (Å²) >= 11 is 49.9. The molecular weight excluding hydrogens is 2140 g/mol. The minimum Gasteiger partial charge on any atom is -0.870 e. The van der Waals surface area contributed by atoms with Crippen molar-refractivity contribution in [2.75, 3.05) is 68.1 Å². The number of benzene rings is 4. The van der Waals surface area contributed by atoms with E-state index >= 15 is 0 Å². The molecule has 0 saturated carbocycles. The van der Waals surface area contributed by atoms with Crippen molar-refractivity contribution in [3.63, 3.8) is 0 Å². The Morgan fingerprint density at radius 3 is 0.993 bits per heavy atom. The number of halogens is 8. The normalized spacial score (nSPS) is 12.4. The van der Waals surface area contributed by atoms with Gasteiger partial charge >= 0.3 is 106 Å². The summed E-state index contributed by atoms with van der Waals surface area (Å²) in [4.78, 5) is 193. The average molecular weight is 2250 g/mol. The average Bonchev–Trinajstić information content (AvgIpc) is 1.25. The van der Waals surface area contributed by atoms with Gasteiger partial charge in [-0.3, -0.25) is 52.7 Å². The van der Waals surface area contributed by atoms with Gasteiger partial charge in [-0.25, -0.2) is 24.0 Å². The number of hydrogen-bond donors (Lipinski definition) is 13. The Bertz CT molecular complexity index is 5700. The molecule has 9 rings (SSSR count). The molecule has 147 heavy (non-hydrogen) atoms. The third kappa shape index (κ3) is 52.5. The minimum atomic E-state index is -1.38. The number of furan rings is 4. The molecule has 15 N–H and O–H groups in total. The summed E-state index contributed by atoms with van der Waals surface area (Å²) in [5, 5.41) is 47.0. The topological polar surface area (TPSA) is 616 Å². The fourth-order valence-electron chi connectivity index (χ4n) is 11.7. The molecule has 0 spiro atoms. The molecule has 53 heteroatoms. The summed E-state index contributed by atoms with van der Waals surface area (Å²) < 4.78 is 44.3. The van der Waals surface area contributed by atoms with Crippen LogP contribution in [-0.2, 0) is 107 Å². The van der Waals surface area contributed by atoms with E-state index in [-0.39, 0.29) is 296 Å². The molecule has 1 saturated heterocycles. The number of carboxylic acid groups (broad SMARTS) is 1. The van der Waals surface area contributed by atoms with Gasteiger partial charge in [0.1, 0.15) is 58.4 Å². The molecule has 1 radical (unpaired) electrons. The van der Waals surface area contributed by atoms with Gasteiger partial charge in [0.15, 0.2) is 0 Å². The van der Waals surface area contributed by atoms with Gasteiger partial charge < -0.3 is 131 Å². The van der Waals surface area contributed by atoms with E-state index in [0.717, 1.165) is 20.1 Å². The number of alkyl carbamates (subject to hydrolysis) is 1. The summed E-state index contributed by atoms with van der Waals surface area (Å²) in [5.74, 6) is -6.00. The number of likely N-dealkylation sites (N-methyl/N-ethyl adjacent to an activating group) is 2. The number of carboxylic acids is 1. The molecular formula is C94H107Cl8K2LiN13O29. The fourth-order valence-corrected chi connectivity index (χ4v) is 14.6. The maximum absolute atomic E-state index is 12.8. The minimum absolute atomic E-state index is 0. The van der Waals surface area contributed by atoms with Crippen LogP contribution in [0.25, 0.3) is 24.3 Å². The first-order chi connectivity index (χ1) is 67.6. The van der Waals surface area contributed by atoms with E-state index < -0.39 is 83.4 Å². The number of nitrogens with two attached hydrogens (primary N) is 1. The van der Waals surface area contributed by atoms with Crippen LogP contribution in [0, 0.1) is 0 Å². The summed E-state index contributed by atoms with van der Waals surface area (Å²) in [6.45, 7) is 12.5. The molecule has 0 unspecified atom stereocenters. The number of hydrogen-bond acceptors (Lipinski definition) is 31. The number of nitrogens with zero attached hydrogens (tertiary/aromatic N) is 1. The van der Waals surface area contributed by atoms with Gasteiger partial charge in [0, 0.05) is 129 Å². The number of esters is 4. The van der Waals surface area contributed by atoms with Crippen LogP contribution in [0.15, 0.2) is 164 Å². The second kappa shape index (κ2) is 71.9. The van der Waals surface area contributed by atoms with Crippen LogP contribution in [0.5, 0.6) is 0 Å². The molecule has 10 amide bonds. The van der Waals surface area contributed by atoms with Gasteiger partial charge in [0.2, 0.25) is 29.5 Å². The van der Waals surface area contributed by atoms with Crippen molar-refractivity contribution in [1.82, 2.24) is 63.4 Å². The van der Waals surface area contributed by atoms with E-state index in [1.807, 2.05) is 20.8 Å². The van der Waals surface area contributed by atoms with Gasteiger partial charge in [0.25, 0.3) is 30.1 Å². The SMILES string of the molecule is CC(=O)OC(C)(C)C.CN(C[C@H](NC(=O)c1c(Cl)cc(CNC(=O)/C=C/c2ccco2)cc1Cl)C(=O)O)C(=O)[C@@H]1CCCN1.CNC[C@H](NC(=O)c1c(Cl)cc(CNC(=O)/C=C/c2ccco2)cc1Cl)C(=O)OC.COC(=O)[C@H](CN)NC(=O)c1c(Cl)cc(CNC(=O)/C=C/c2ccco2)cc1Cl.COC(=O)[C@H](CNC(=O)OC(C)(C)C)NC(=O)c1c(Cl)cc(CNC(=O)/C=C/c2ccco2)cc1Cl.O=CO[O-].[K+].[K].[Li+].[OH-]. The molecule has 4 aromatic heterocycles. The first-order valence-electron chi connectivity index (χ1n) is 42.4. The van der Waals surface area contributed by atoms with Crippen molar-refractivity contribution in [2.24, 2.45) is 5.73 Å². The zero-order valence-electron chi connectivity index (χ0n) is 82.4. The maximum atomic E-state index is 12.8. The van der Waals surface area contributed by atoms with Crippen molar-refractivity contribution in [3.8, 4) is 0 Å². The van der Waals surface area contributed by atoms with E-state index in [0.29, 0.717) is 51.7 Å². The van der Waals surface area contributed by atoms with Crippen LogP contribution in [0.3, 0.4) is 0 Å². The Hall–Kier alpha value is -9.73. The molecule has 1 aliphatic heterocycles. The van der Waals surface area contributed by atoms with Crippen molar-refractivity contribution in [2.45, 2.75) is 129 Å². The number of carbonyl (C=O) groups is 16. The quantitative estimate of drug-likeness (QED) is 0.00501. The molecule has 42 nitrogen and oxygen atoms in total. The van der Waals surface area contributed by atoms with E-state index in [4.69, 9.17) is 140 Å². The van der Waals surface area contributed by atoms with Crippen molar-refractivity contribution in [3.05, 3.63) is 254 Å². The van der Waals surface area contributed by atoms with Gasteiger partial charge in [-0.2, -0.15) is 0 Å². The number of rotatable bonds is 37. The number of methoxy groups -OCH3 is 3. The second-order valence-electron chi connectivity index (χ2n) is 31.5. The zero-order valence-corrected chi connectivity index (χ0v) is 94.7. The largest absolute Gasteiger partial charge is 1.00 e. The molecule has 8 aromatic rings. The zero-order chi connectivity index (χ0) is 107. The molecule has 781 valence electrons. The van der Waals surface area contributed by atoms with E-state index in [9.17, 15) is 77.0 Å². The summed E-state index contributed by atoms with van der Waals surface area (Å²) in [7, 11) is 6.67. The number of ether oxygens (including phenoxy) is 5. The van der Waals surface area contributed by atoms with Crippen LogP contribution in [0.1, 0.15) is 148 Å². The Balaban J connectivity index is 0.00000185. The molecule has 0 aliphatic carbocycles. The third-order valence-electron chi connectivity index (χ3n) is 18.1. The van der Waals surface area contributed by atoms with Gasteiger partial charge in [0.05, 0.1) is 128 Å². The summed E-state index contributed by atoms with van der Waals surface area (Å²) in [6, 6.07) is 20.6. The van der Waals surface area contributed by atoms with Crippen molar-refractivity contribution < 1.29 is 209 Å². The number of carbonyl (C=O) groups excluding carboxylic acids is 15. The Labute approximate surface area is 982 Å². The van der Waals surface area contributed by atoms with Crippen molar-refractivity contribution >= 4 is 264 Å². The van der Waals surface area contributed by atoms with Crippen molar-refractivity contribution in [1.29, 1.82) is 0 Å². The van der Waals surface area contributed by atoms with Crippen LogP contribution < -0.4 is 140 Å². The molecule has 1 aliphatic rings. The first-order valence-corrected chi connectivity index (χ1v) is 45.4. The predicted octanol–water partition coefficient (Wildman–Crippen LogP) is 3.81. The number of aliphatic carboxylic acids is 1. The first kappa shape index (κ1) is 137. The predicted molar refractivity (Wildman–Crippen MR) is 535 cm³/mol. The molecule has 1 fully saturated rings.